The predicted molar refractivity (Wildman–Crippen MR) is 118 cm³/mol. The van der Waals surface area contributed by atoms with Crippen LogP contribution in [0.1, 0.15) is 38.4 Å². The van der Waals surface area contributed by atoms with Gasteiger partial charge in [0.25, 0.3) is 11.6 Å². The fourth-order valence-corrected chi connectivity index (χ4v) is 3.60. The van der Waals surface area contributed by atoms with Gasteiger partial charge < -0.3 is 4.57 Å². The number of rotatable bonds is 5. The van der Waals surface area contributed by atoms with Crippen LogP contribution < -0.4 is 5.43 Å². The lowest BCUT2D eigenvalue weighted by Crippen LogP contribution is -2.17. The highest BCUT2D eigenvalue weighted by Crippen LogP contribution is 2.25. The first-order chi connectivity index (χ1) is 14.2. The molecule has 8 heteroatoms. The van der Waals surface area contributed by atoms with Gasteiger partial charge in [-0.3, -0.25) is 14.9 Å². The predicted octanol–water partition coefficient (Wildman–Crippen LogP) is 5.04. The first-order valence-electron chi connectivity index (χ1n) is 9.22. The highest BCUT2D eigenvalue weighted by molar-refractivity contribution is 6.32. The summed E-state index contributed by atoms with van der Waals surface area (Å²) in [4.78, 5) is 22.6. The summed E-state index contributed by atoms with van der Waals surface area (Å²) in [6.45, 7) is 8.11. The maximum absolute atomic E-state index is 12.3. The molecule has 0 aliphatic rings. The number of nitro benzene ring substituents is 1. The number of hydrogen-bond donors (Lipinski definition) is 1. The van der Waals surface area contributed by atoms with Gasteiger partial charge in [0.1, 0.15) is 5.02 Å². The van der Waals surface area contributed by atoms with Crippen molar-refractivity contribution in [1.29, 1.82) is 0 Å². The zero-order valence-electron chi connectivity index (χ0n) is 17.1. The normalized spacial score (nSPS) is 11.1. The number of nitro groups is 1. The number of benzene rings is 2. The Labute approximate surface area is 179 Å². The smallest absolute Gasteiger partial charge is 0.288 e. The Balaban J connectivity index is 1.81. The Morgan fingerprint density at radius 1 is 1.10 bits per heavy atom. The Morgan fingerprint density at radius 3 is 2.40 bits per heavy atom. The number of carbonyl (C=O) groups excluding carboxylic acids is 1. The summed E-state index contributed by atoms with van der Waals surface area (Å²) >= 11 is 5.78. The number of nitrogens with zero attached hydrogens (tertiary/aromatic N) is 3. The SMILES string of the molecule is Cc1cc(C)cc(-n2c(C)cc(/C=N\NC(=O)c3ccc(Cl)c([N+](=O)[O-])c3)c2C)c1. The van der Waals surface area contributed by atoms with Gasteiger partial charge in [-0.15, -0.1) is 0 Å². The highest BCUT2D eigenvalue weighted by Gasteiger charge is 2.16. The van der Waals surface area contributed by atoms with Crippen molar-refractivity contribution < 1.29 is 9.72 Å². The van der Waals surface area contributed by atoms with Crippen LogP contribution in [-0.2, 0) is 0 Å². The van der Waals surface area contributed by atoms with E-state index in [0.29, 0.717) is 0 Å². The van der Waals surface area contributed by atoms with Crippen molar-refractivity contribution in [2.75, 3.05) is 0 Å². The molecule has 3 rings (SSSR count). The molecule has 0 bridgehead atoms. The second kappa shape index (κ2) is 8.51. The molecule has 1 N–H and O–H groups in total. The van der Waals surface area contributed by atoms with Crippen molar-refractivity contribution in [3.8, 4) is 5.69 Å². The molecule has 3 aromatic rings. The van der Waals surface area contributed by atoms with Gasteiger partial charge in [0.2, 0.25) is 0 Å². The summed E-state index contributed by atoms with van der Waals surface area (Å²) in [6, 6.07) is 12.2. The lowest BCUT2D eigenvalue weighted by molar-refractivity contribution is -0.384. The number of aromatic nitrogens is 1. The third-order valence-electron chi connectivity index (χ3n) is 4.71. The molecule has 154 valence electrons. The average molecular weight is 425 g/mol. The summed E-state index contributed by atoms with van der Waals surface area (Å²) in [5.41, 5.74) is 8.48. The topological polar surface area (TPSA) is 89.5 Å². The van der Waals surface area contributed by atoms with Gasteiger partial charge in [0.15, 0.2) is 0 Å². The molecule has 0 aliphatic carbocycles. The van der Waals surface area contributed by atoms with Gasteiger partial charge in [0, 0.05) is 34.3 Å². The number of nitrogens with one attached hydrogen (secondary N) is 1. The summed E-state index contributed by atoms with van der Waals surface area (Å²) < 4.78 is 2.13. The van der Waals surface area contributed by atoms with Gasteiger partial charge in [-0.1, -0.05) is 17.7 Å². The van der Waals surface area contributed by atoms with E-state index in [1.165, 1.54) is 23.3 Å². The number of halogens is 1. The zero-order chi connectivity index (χ0) is 22.0. The highest BCUT2D eigenvalue weighted by atomic mass is 35.5. The van der Waals surface area contributed by atoms with E-state index < -0.39 is 10.8 Å². The van der Waals surface area contributed by atoms with Crippen LogP contribution >= 0.6 is 11.6 Å². The molecule has 1 heterocycles. The minimum Gasteiger partial charge on any atom is -0.318 e. The molecule has 0 spiro atoms. The van der Waals surface area contributed by atoms with Crippen LogP contribution in [0.25, 0.3) is 5.69 Å². The Bertz CT molecular complexity index is 1160. The van der Waals surface area contributed by atoms with E-state index in [0.717, 1.165) is 28.7 Å². The molecule has 0 radical (unpaired) electrons. The summed E-state index contributed by atoms with van der Waals surface area (Å²) in [5.74, 6) is -0.561. The van der Waals surface area contributed by atoms with E-state index in [2.05, 4.69) is 47.1 Å². The van der Waals surface area contributed by atoms with E-state index in [9.17, 15) is 14.9 Å². The van der Waals surface area contributed by atoms with E-state index in [4.69, 9.17) is 11.6 Å². The molecule has 0 atom stereocenters. The third kappa shape index (κ3) is 4.41. The van der Waals surface area contributed by atoms with Crippen LogP contribution in [0, 0.1) is 37.8 Å². The molecule has 2 aromatic carbocycles. The quantitative estimate of drug-likeness (QED) is 0.353. The first kappa shape index (κ1) is 21.3. The van der Waals surface area contributed by atoms with E-state index in [1.807, 2.05) is 19.9 Å². The number of amides is 1. The number of carbonyl (C=O) groups is 1. The molecule has 1 amide bonds. The van der Waals surface area contributed by atoms with E-state index in [-0.39, 0.29) is 16.3 Å². The summed E-state index contributed by atoms with van der Waals surface area (Å²) in [7, 11) is 0. The molecule has 30 heavy (non-hydrogen) atoms. The van der Waals surface area contributed by atoms with Gasteiger partial charge in [-0.25, -0.2) is 5.43 Å². The van der Waals surface area contributed by atoms with Crippen molar-refractivity contribution in [3.05, 3.63) is 91.2 Å². The largest absolute Gasteiger partial charge is 0.318 e. The Hall–Kier alpha value is -3.45. The van der Waals surface area contributed by atoms with Crippen LogP contribution in [0.5, 0.6) is 0 Å². The Kier molecular flexibility index (Phi) is 6.03. The second-order valence-corrected chi connectivity index (χ2v) is 7.54. The van der Waals surface area contributed by atoms with Crippen LogP contribution in [0.4, 0.5) is 5.69 Å². The fourth-order valence-electron chi connectivity index (χ4n) is 3.41. The minimum atomic E-state index is -0.635. The van der Waals surface area contributed by atoms with Gasteiger partial charge in [0.05, 0.1) is 11.1 Å². The zero-order valence-corrected chi connectivity index (χ0v) is 17.8. The molecule has 0 saturated heterocycles. The summed E-state index contributed by atoms with van der Waals surface area (Å²) in [5, 5.41) is 15.0. The number of aryl methyl sites for hydroxylation is 3. The molecular formula is C22H21ClN4O3. The second-order valence-electron chi connectivity index (χ2n) is 7.13. The molecule has 0 aliphatic heterocycles. The standard InChI is InChI=1S/C22H21ClN4O3/c1-13-7-14(2)9-19(8-13)26-15(3)10-18(16(26)4)12-24-25-22(28)17-5-6-20(23)21(11-17)27(29)30/h5-12H,1-4H3,(H,25,28)/b24-12-. The van der Waals surface area contributed by atoms with Crippen LogP contribution in [-0.4, -0.2) is 21.6 Å². The monoisotopic (exact) mass is 424 g/mol. The van der Waals surface area contributed by atoms with Crippen LogP contribution in [0.15, 0.2) is 47.6 Å². The van der Waals surface area contributed by atoms with E-state index >= 15 is 0 Å². The molecule has 0 saturated carbocycles. The lowest BCUT2D eigenvalue weighted by Gasteiger charge is -2.11. The van der Waals surface area contributed by atoms with Gasteiger partial charge in [-0.2, -0.15) is 5.10 Å². The maximum atomic E-state index is 12.3. The third-order valence-corrected chi connectivity index (χ3v) is 5.03. The molecule has 0 unspecified atom stereocenters. The van der Waals surface area contributed by atoms with Crippen molar-refractivity contribution in [2.45, 2.75) is 27.7 Å². The first-order valence-corrected chi connectivity index (χ1v) is 9.60. The van der Waals surface area contributed by atoms with Gasteiger partial charge >= 0.3 is 0 Å². The maximum Gasteiger partial charge on any atom is 0.288 e. The molecule has 7 nitrogen and oxygen atoms in total. The molecule has 1 aromatic heterocycles. The van der Waals surface area contributed by atoms with Crippen molar-refractivity contribution in [3.63, 3.8) is 0 Å². The fraction of sp³-hybridized carbons (Fsp3) is 0.182. The molecule has 0 fully saturated rings. The van der Waals surface area contributed by atoms with E-state index in [1.54, 1.807) is 6.21 Å². The Morgan fingerprint density at radius 2 is 1.77 bits per heavy atom. The minimum absolute atomic E-state index is 0.0288. The van der Waals surface area contributed by atoms with Crippen LogP contribution in [0.2, 0.25) is 5.02 Å². The van der Waals surface area contributed by atoms with Crippen LogP contribution in [0.3, 0.4) is 0 Å². The van der Waals surface area contributed by atoms with Gasteiger partial charge in [-0.05, 0) is 69.2 Å². The molecular weight excluding hydrogens is 404 g/mol. The lowest BCUT2D eigenvalue weighted by atomic mass is 10.1. The summed E-state index contributed by atoms with van der Waals surface area (Å²) in [6.07, 6.45) is 1.56. The number of hydrazone groups is 1. The average Bonchev–Trinajstić information content (AvgIpc) is 2.94. The van der Waals surface area contributed by atoms with Crippen molar-refractivity contribution in [2.24, 2.45) is 5.10 Å². The number of hydrogen-bond acceptors (Lipinski definition) is 4. The van der Waals surface area contributed by atoms with Crippen molar-refractivity contribution >= 4 is 29.4 Å². The van der Waals surface area contributed by atoms with Crippen molar-refractivity contribution in [1.82, 2.24) is 9.99 Å².